The number of fused-ring (bicyclic) bond motifs is 5. The van der Waals surface area contributed by atoms with Crippen LogP contribution in [0.3, 0.4) is 0 Å². The van der Waals surface area contributed by atoms with Gasteiger partial charge < -0.3 is 9.05 Å². The van der Waals surface area contributed by atoms with Crippen LogP contribution in [0.1, 0.15) is 69.9 Å². The Labute approximate surface area is 122 Å². The van der Waals surface area contributed by atoms with Crippen LogP contribution in [0.5, 0.6) is 5.75 Å². The molecule has 2 fully saturated rings. The van der Waals surface area contributed by atoms with Crippen molar-refractivity contribution in [2.45, 2.75) is 69.6 Å². The van der Waals surface area contributed by atoms with Crippen LogP contribution >= 0.6 is 8.38 Å². The van der Waals surface area contributed by atoms with Crippen LogP contribution in [-0.4, -0.2) is 10.8 Å². The molecule has 1 aromatic rings. The molecule has 0 radical (unpaired) electrons. The Bertz CT molecular complexity index is 564. The maximum Gasteiger partial charge on any atom is 0.239 e. The largest absolute Gasteiger partial charge is 0.447 e. The fourth-order valence-electron chi connectivity index (χ4n) is 3.72. The molecule has 0 aromatic heterocycles. The minimum absolute atomic E-state index is 0.0749. The summed E-state index contributed by atoms with van der Waals surface area (Å²) in [5.74, 6) is 2.62. The van der Waals surface area contributed by atoms with E-state index in [-0.39, 0.29) is 10.8 Å². The molecule has 2 aliphatic carbocycles. The lowest BCUT2D eigenvalue weighted by Gasteiger charge is -2.55. The topological polar surface area (TPSA) is 18.5 Å². The number of hydrogen-bond donors (Lipinski definition) is 0. The highest BCUT2D eigenvalue weighted by Gasteiger charge is 2.59. The van der Waals surface area contributed by atoms with Crippen molar-refractivity contribution in [3.05, 3.63) is 29.3 Å². The van der Waals surface area contributed by atoms with Gasteiger partial charge in [-0.15, -0.1) is 0 Å². The molecular weight excluding hydrogens is 267 g/mol. The zero-order valence-corrected chi connectivity index (χ0v) is 13.7. The van der Waals surface area contributed by atoms with Gasteiger partial charge in [0.25, 0.3) is 0 Å². The number of benzene rings is 1. The highest BCUT2D eigenvalue weighted by atomic mass is 31.2. The second kappa shape index (κ2) is 3.99. The maximum atomic E-state index is 6.18. The summed E-state index contributed by atoms with van der Waals surface area (Å²) in [4.78, 5) is 0. The normalized spacial score (nSPS) is 35.5. The van der Waals surface area contributed by atoms with Gasteiger partial charge in [0.1, 0.15) is 5.75 Å². The smallest absolute Gasteiger partial charge is 0.239 e. The number of rotatable bonds is 2. The Balaban J connectivity index is 1.56. The summed E-state index contributed by atoms with van der Waals surface area (Å²) in [7, 11) is -0.819. The third-order valence-electron chi connectivity index (χ3n) is 5.80. The van der Waals surface area contributed by atoms with E-state index >= 15 is 0 Å². The van der Waals surface area contributed by atoms with Gasteiger partial charge in [0.15, 0.2) is 0 Å². The SMILES string of the molecule is CC1(C)OP(Oc2ccc3c(c2)C2CCC3C2)C1(C)C. The molecule has 0 amide bonds. The minimum Gasteiger partial charge on any atom is -0.447 e. The zero-order valence-electron chi connectivity index (χ0n) is 12.8. The molecule has 1 saturated heterocycles. The molecule has 1 aromatic carbocycles. The van der Waals surface area contributed by atoms with Crippen LogP contribution in [0.25, 0.3) is 0 Å². The predicted molar refractivity (Wildman–Crippen MR) is 82.6 cm³/mol. The Morgan fingerprint density at radius 3 is 2.45 bits per heavy atom. The van der Waals surface area contributed by atoms with E-state index in [9.17, 15) is 0 Å². The highest BCUT2D eigenvalue weighted by molar-refractivity contribution is 7.51. The number of hydrogen-bond acceptors (Lipinski definition) is 2. The summed E-state index contributed by atoms with van der Waals surface area (Å²) < 4.78 is 12.1. The van der Waals surface area contributed by atoms with Gasteiger partial charge in [0.2, 0.25) is 8.38 Å². The summed E-state index contributed by atoms with van der Waals surface area (Å²) in [6, 6.07) is 6.72. The van der Waals surface area contributed by atoms with Crippen molar-refractivity contribution >= 4 is 8.38 Å². The average molecular weight is 290 g/mol. The minimum atomic E-state index is -0.819. The monoisotopic (exact) mass is 290 g/mol. The standard InChI is InChI=1S/C17H23O2P/c1-16(2)17(3,4)20(19-16)18-13-7-8-14-11-5-6-12(9-11)15(14)10-13/h7-8,10-12H,5-6,9H2,1-4H3. The summed E-state index contributed by atoms with van der Waals surface area (Å²) in [5.41, 5.74) is 3.05. The van der Waals surface area contributed by atoms with Gasteiger partial charge in [-0.05, 0) is 82.1 Å². The Hall–Kier alpha value is -0.590. The van der Waals surface area contributed by atoms with Crippen LogP contribution in [0.2, 0.25) is 0 Å². The Kier molecular flexibility index (Phi) is 2.61. The van der Waals surface area contributed by atoms with E-state index in [1.807, 2.05) is 0 Å². The van der Waals surface area contributed by atoms with E-state index in [2.05, 4.69) is 45.9 Å². The van der Waals surface area contributed by atoms with Crippen LogP contribution in [0.15, 0.2) is 18.2 Å². The third-order valence-corrected chi connectivity index (χ3v) is 8.25. The highest BCUT2D eigenvalue weighted by Crippen LogP contribution is 2.69. The van der Waals surface area contributed by atoms with Gasteiger partial charge in [-0.25, -0.2) is 0 Å². The first-order valence-corrected chi connectivity index (χ1v) is 8.87. The molecule has 20 heavy (non-hydrogen) atoms. The fourth-order valence-corrected chi connectivity index (χ4v) is 5.52. The van der Waals surface area contributed by atoms with E-state index in [0.717, 1.165) is 17.6 Å². The van der Waals surface area contributed by atoms with E-state index in [4.69, 9.17) is 9.05 Å². The van der Waals surface area contributed by atoms with Gasteiger partial charge in [-0.2, -0.15) is 0 Å². The van der Waals surface area contributed by atoms with Crippen LogP contribution in [0.4, 0.5) is 0 Å². The lowest BCUT2D eigenvalue weighted by Crippen LogP contribution is -2.55. The molecule has 0 spiro atoms. The molecule has 2 nitrogen and oxygen atoms in total. The Morgan fingerprint density at radius 2 is 1.80 bits per heavy atom. The van der Waals surface area contributed by atoms with E-state index in [0.29, 0.717) is 0 Å². The molecule has 3 heteroatoms. The molecule has 1 aliphatic heterocycles. The molecule has 1 saturated carbocycles. The second-order valence-corrected chi connectivity index (χ2v) is 9.50. The maximum absolute atomic E-state index is 6.18. The fraction of sp³-hybridized carbons (Fsp3) is 0.647. The van der Waals surface area contributed by atoms with E-state index in [1.165, 1.54) is 19.3 Å². The molecule has 3 atom stereocenters. The molecule has 3 unspecified atom stereocenters. The summed E-state index contributed by atoms with van der Waals surface area (Å²) in [6.45, 7) is 8.79. The van der Waals surface area contributed by atoms with Crippen molar-refractivity contribution in [1.82, 2.24) is 0 Å². The molecular formula is C17H23O2P. The molecule has 108 valence electrons. The van der Waals surface area contributed by atoms with E-state index in [1.54, 1.807) is 11.1 Å². The zero-order chi connectivity index (χ0) is 14.1. The molecule has 3 aliphatic rings. The van der Waals surface area contributed by atoms with Crippen molar-refractivity contribution < 1.29 is 9.05 Å². The van der Waals surface area contributed by atoms with Crippen LogP contribution in [0, 0.1) is 0 Å². The van der Waals surface area contributed by atoms with Crippen LogP contribution < -0.4 is 4.52 Å². The second-order valence-electron chi connectivity index (χ2n) is 7.51. The lowest BCUT2D eigenvalue weighted by molar-refractivity contribution is 0.00608. The molecule has 2 bridgehead atoms. The van der Waals surface area contributed by atoms with Gasteiger partial charge in [0, 0.05) is 0 Å². The van der Waals surface area contributed by atoms with Crippen LogP contribution in [-0.2, 0) is 4.52 Å². The van der Waals surface area contributed by atoms with Gasteiger partial charge in [0.05, 0.1) is 10.8 Å². The van der Waals surface area contributed by atoms with Crippen molar-refractivity contribution in [1.29, 1.82) is 0 Å². The van der Waals surface area contributed by atoms with Crippen molar-refractivity contribution in [2.24, 2.45) is 0 Å². The molecule has 1 heterocycles. The summed E-state index contributed by atoms with van der Waals surface area (Å²) in [5, 5.41) is 0.111. The van der Waals surface area contributed by atoms with Gasteiger partial charge >= 0.3 is 0 Å². The predicted octanol–water partition coefficient (Wildman–Crippen LogP) is 5.33. The van der Waals surface area contributed by atoms with Gasteiger partial charge in [-0.1, -0.05) is 6.07 Å². The summed E-state index contributed by atoms with van der Waals surface area (Å²) in [6.07, 6.45) is 4.11. The van der Waals surface area contributed by atoms with E-state index < -0.39 is 8.38 Å². The first-order chi connectivity index (χ1) is 9.38. The first kappa shape index (κ1) is 13.1. The summed E-state index contributed by atoms with van der Waals surface area (Å²) >= 11 is 0. The van der Waals surface area contributed by atoms with Crippen molar-refractivity contribution in [3.63, 3.8) is 0 Å². The first-order valence-electron chi connectivity index (χ1n) is 7.70. The van der Waals surface area contributed by atoms with Crippen molar-refractivity contribution in [3.8, 4) is 5.75 Å². The molecule has 4 rings (SSSR count). The molecule has 0 N–H and O–H groups in total. The average Bonchev–Trinajstić information content (AvgIpc) is 2.99. The third kappa shape index (κ3) is 1.64. The quantitative estimate of drug-likeness (QED) is 0.685. The lowest BCUT2D eigenvalue weighted by atomic mass is 9.92. The Morgan fingerprint density at radius 1 is 1.10 bits per heavy atom. The van der Waals surface area contributed by atoms with Gasteiger partial charge in [-0.3, -0.25) is 0 Å². The van der Waals surface area contributed by atoms with Crippen molar-refractivity contribution in [2.75, 3.05) is 0 Å².